The minimum atomic E-state index is 0.182. The van der Waals surface area contributed by atoms with Crippen molar-refractivity contribution in [3.05, 3.63) is 36.0 Å². The maximum Gasteiger partial charge on any atom is 0.122 e. The Bertz CT molecular complexity index is 555. The van der Waals surface area contributed by atoms with Crippen LogP contribution in [0.5, 0.6) is 0 Å². The lowest BCUT2D eigenvalue weighted by molar-refractivity contribution is 0.0717. The second kappa shape index (κ2) is 5.35. The molecule has 0 bridgehead atoms. The highest BCUT2D eigenvalue weighted by molar-refractivity contribution is 5.83. The van der Waals surface area contributed by atoms with Crippen molar-refractivity contribution in [1.29, 1.82) is 0 Å². The summed E-state index contributed by atoms with van der Waals surface area (Å²) in [6.45, 7) is 3.60. The first-order chi connectivity index (χ1) is 9.24. The molecule has 1 unspecified atom stereocenters. The monoisotopic (exact) mass is 258 g/mol. The minimum Gasteiger partial charge on any atom is -0.360 e. The van der Waals surface area contributed by atoms with Gasteiger partial charge in [-0.2, -0.15) is 0 Å². The summed E-state index contributed by atoms with van der Waals surface area (Å²) in [5, 5.41) is 1.27. The Morgan fingerprint density at radius 3 is 2.95 bits per heavy atom. The van der Waals surface area contributed by atoms with Crippen LogP contribution >= 0.6 is 0 Å². The highest BCUT2D eigenvalue weighted by Crippen LogP contribution is 2.29. The van der Waals surface area contributed by atoms with Gasteiger partial charge in [0, 0.05) is 12.2 Å². The smallest absolute Gasteiger partial charge is 0.122 e. The largest absolute Gasteiger partial charge is 0.360 e. The van der Waals surface area contributed by atoms with Crippen LogP contribution in [0.4, 0.5) is 0 Å². The highest BCUT2D eigenvalue weighted by Gasteiger charge is 2.21. The van der Waals surface area contributed by atoms with E-state index in [-0.39, 0.29) is 6.04 Å². The lowest BCUT2D eigenvalue weighted by atomic mass is 10.0. The van der Waals surface area contributed by atoms with Gasteiger partial charge in [0.1, 0.15) is 6.73 Å². The molecule has 0 radical (unpaired) electrons. The first-order valence-corrected chi connectivity index (χ1v) is 7.14. The van der Waals surface area contributed by atoms with Crippen LogP contribution in [0.15, 0.2) is 30.5 Å². The topological polar surface area (TPSA) is 40.2 Å². The zero-order valence-corrected chi connectivity index (χ0v) is 11.5. The molecule has 1 heterocycles. The molecule has 1 aliphatic carbocycles. The maximum absolute atomic E-state index is 5.94. The van der Waals surface area contributed by atoms with E-state index in [1.54, 1.807) is 0 Å². The van der Waals surface area contributed by atoms with Crippen LogP contribution in [0.2, 0.25) is 0 Å². The number of nitrogens with zero attached hydrogens (tertiary/aromatic N) is 1. The van der Waals surface area contributed by atoms with E-state index >= 15 is 0 Å². The molecular formula is C16H22N2O. The van der Waals surface area contributed by atoms with Crippen LogP contribution in [-0.2, 0) is 17.9 Å². The molecule has 1 atom stereocenters. The Kier molecular flexibility index (Phi) is 3.58. The van der Waals surface area contributed by atoms with Crippen LogP contribution in [0, 0.1) is 5.92 Å². The Morgan fingerprint density at radius 2 is 2.21 bits per heavy atom. The molecule has 0 aliphatic heterocycles. The van der Waals surface area contributed by atoms with Crippen molar-refractivity contribution in [2.45, 2.75) is 39.0 Å². The van der Waals surface area contributed by atoms with Gasteiger partial charge in [-0.15, -0.1) is 0 Å². The molecule has 2 N–H and O–H groups in total. The lowest BCUT2D eigenvalue weighted by Crippen LogP contribution is -2.18. The van der Waals surface area contributed by atoms with Crippen molar-refractivity contribution in [2.75, 3.05) is 6.61 Å². The Balaban J connectivity index is 1.81. The molecule has 19 heavy (non-hydrogen) atoms. The van der Waals surface area contributed by atoms with Crippen LogP contribution < -0.4 is 5.73 Å². The van der Waals surface area contributed by atoms with Gasteiger partial charge in [-0.1, -0.05) is 18.2 Å². The third kappa shape index (κ3) is 2.99. The van der Waals surface area contributed by atoms with Crippen molar-refractivity contribution >= 4 is 10.9 Å². The molecule has 1 aliphatic rings. The van der Waals surface area contributed by atoms with E-state index in [1.807, 2.05) is 0 Å². The zero-order valence-electron chi connectivity index (χ0n) is 11.5. The number of fused-ring (bicyclic) bond motifs is 1. The van der Waals surface area contributed by atoms with Crippen molar-refractivity contribution in [3.8, 4) is 0 Å². The molecule has 102 valence electrons. The summed E-state index contributed by atoms with van der Waals surface area (Å²) in [6.07, 6.45) is 5.69. The van der Waals surface area contributed by atoms with Gasteiger partial charge in [-0.05, 0) is 49.1 Å². The predicted octanol–water partition coefficient (Wildman–Crippen LogP) is 2.92. The summed E-state index contributed by atoms with van der Waals surface area (Å²) in [4.78, 5) is 0. The molecule has 0 amide bonds. The van der Waals surface area contributed by atoms with Crippen LogP contribution in [0.25, 0.3) is 10.9 Å². The fourth-order valence-corrected chi connectivity index (χ4v) is 2.56. The van der Waals surface area contributed by atoms with Crippen molar-refractivity contribution < 1.29 is 4.74 Å². The number of hydrogen-bond acceptors (Lipinski definition) is 2. The van der Waals surface area contributed by atoms with E-state index in [1.165, 1.54) is 29.3 Å². The van der Waals surface area contributed by atoms with Crippen LogP contribution in [-0.4, -0.2) is 17.2 Å². The fourth-order valence-electron chi connectivity index (χ4n) is 2.56. The normalized spacial score (nSPS) is 16.9. The van der Waals surface area contributed by atoms with Gasteiger partial charge in [0.2, 0.25) is 0 Å². The van der Waals surface area contributed by atoms with E-state index in [9.17, 15) is 0 Å². The van der Waals surface area contributed by atoms with Crippen LogP contribution in [0.1, 0.15) is 25.3 Å². The third-order valence-corrected chi connectivity index (χ3v) is 3.69. The average molecular weight is 258 g/mol. The number of hydrogen-bond donors (Lipinski definition) is 1. The maximum atomic E-state index is 5.94. The minimum absolute atomic E-state index is 0.182. The van der Waals surface area contributed by atoms with Gasteiger partial charge in [0.25, 0.3) is 0 Å². The van der Waals surface area contributed by atoms with Crippen molar-refractivity contribution in [3.63, 3.8) is 0 Å². The lowest BCUT2D eigenvalue weighted by Gasteiger charge is -2.12. The second-order valence-corrected chi connectivity index (χ2v) is 5.77. The molecule has 2 aromatic rings. The van der Waals surface area contributed by atoms with E-state index in [2.05, 4.69) is 42.0 Å². The zero-order chi connectivity index (χ0) is 13.2. The van der Waals surface area contributed by atoms with E-state index in [0.717, 1.165) is 18.9 Å². The number of rotatable bonds is 6. The summed E-state index contributed by atoms with van der Waals surface area (Å²) in [6, 6.07) is 8.76. The molecule has 1 fully saturated rings. The van der Waals surface area contributed by atoms with Gasteiger partial charge in [0.05, 0.1) is 12.1 Å². The van der Waals surface area contributed by atoms with Crippen molar-refractivity contribution in [1.82, 2.24) is 4.57 Å². The van der Waals surface area contributed by atoms with E-state index in [0.29, 0.717) is 6.73 Å². The summed E-state index contributed by atoms with van der Waals surface area (Å²) >= 11 is 0. The SMILES string of the molecule is CC(N)Cc1cccc2ccn(COCC3CC3)c12. The van der Waals surface area contributed by atoms with E-state index < -0.39 is 0 Å². The third-order valence-electron chi connectivity index (χ3n) is 3.69. The summed E-state index contributed by atoms with van der Waals surface area (Å²) in [7, 11) is 0. The molecular weight excluding hydrogens is 236 g/mol. The molecule has 1 saturated carbocycles. The molecule has 1 aromatic heterocycles. The molecule has 1 aromatic carbocycles. The van der Waals surface area contributed by atoms with Gasteiger partial charge in [-0.3, -0.25) is 0 Å². The van der Waals surface area contributed by atoms with Gasteiger partial charge in [0.15, 0.2) is 0 Å². The van der Waals surface area contributed by atoms with Crippen molar-refractivity contribution in [2.24, 2.45) is 11.7 Å². The number of nitrogens with two attached hydrogens (primary N) is 1. The molecule has 0 spiro atoms. The fraction of sp³-hybridized carbons (Fsp3) is 0.500. The molecule has 3 heteroatoms. The number of ether oxygens (including phenoxy) is 1. The summed E-state index contributed by atoms with van der Waals surface area (Å²) in [5.41, 5.74) is 8.53. The van der Waals surface area contributed by atoms with Gasteiger partial charge < -0.3 is 15.0 Å². The first kappa shape index (κ1) is 12.7. The highest BCUT2D eigenvalue weighted by atomic mass is 16.5. The predicted molar refractivity (Wildman–Crippen MR) is 78.0 cm³/mol. The molecule has 3 rings (SSSR count). The number of para-hydroxylation sites is 1. The second-order valence-electron chi connectivity index (χ2n) is 5.77. The van der Waals surface area contributed by atoms with Gasteiger partial charge >= 0.3 is 0 Å². The standard InChI is InChI=1S/C16H22N2O/c1-12(17)9-15-4-2-3-14-7-8-18(16(14)15)11-19-10-13-5-6-13/h2-4,7-8,12-13H,5-6,9-11,17H2,1H3. The average Bonchev–Trinajstić information content (AvgIpc) is 3.09. The Morgan fingerprint density at radius 1 is 1.37 bits per heavy atom. The van der Waals surface area contributed by atoms with Gasteiger partial charge in [-0.25, -0.2) is 0 Å². The number of benzene rings is 1. The molecule has 3 nitrogen and oxygen atoms in total. The van der Waals surface area contributed by atoms with E-state index in [4.69, 9.17) is 10.5 Å². The Labute approximate surface area is 114 Å². The Hall–Kier alpha value is -1.32. The summed E-state index contributed by atoms with van der Waals surface area (Å²) < 4.78 is 8.01. The quantitative estimate of drug-likeness (QED) is 0.865. The first-order valence-electron chi connectivity index (χ1n) is 7.14. The van der Waals surface area contributed by atoms with Crippen LogP contribution in [0.3, 0.4) is 0 Å². The number of aromatic nitrogens is 1. The summed E-state index contributed by atoms with van der Waals surface area (Å²) in [5.74, 6) is 0.811. The molecule has 0 saturated heterocycles.